The summed E-state index contributed by atoms with van der Waals surface area (Å²) < 4.78 is 37.6. The van der Waals surface area contributed by atoms with Crippen molar-refractivity contribution < 1.29 is 23.1 Å². The third-order valence-electron chi connectivity index (χ3n) is 2.82. The summed E-state index contributed by atoms with van der Waals surface area (Å²) in [4.78, 5) is 14.3. The number of aromatic nitrogens is 1. The van der Waals surface area contributed by atoms with E-state index in [2.05, 4.69) is 10.3 Å². The molecule has 0 saturated heterocycles. The van der Waals surface area contributed by atoms with E-state index in [1.807, 2.05) is 0 Å². The summed E-state index contributed by atoms with van der Waals surface area (Å²) in [6, 6.07) is 3.33. The number of nitriles is 1. The monoisotopic (exact) mass is 271 g/mol. The predicted octanol–water partition coefficient (Wildman–Crippen LogP) is 2.00. The predicted molar refractivity (Wildman–Crippen MR) is 57.2 cm³/mol. The van der Waals surface area contributed by atoms with Gasteiger partial charge in [-0.3, -0.25) is 0 Å². The number of aliphatic carboxylic acids is 1. The standard InChI is InChI=1S/C11H8F3N3O2/c12-11(13,14)7-2-1-6(5-15)8(16-7)17-10(3-4-10)9(18)19/h1-2H,3-4H2,(H,16,17)(H,18,19). The maximum atomic E-state index is 12.5. The van der Waals surface area contributed by atoms with E-state index in [1.54, 1.807) is 6.07 Å². The number of carbonyl (C=O) groups is 1. The van der Waals surface area contributed by atoms with Gasteiger partial charge in [0, 0.05) is 0 Å². The number of hydrogen-bond donors (Lipinski definition) is 2. The Bertz CT molecular complexity index is 574. The minimum Gasteiger partial charge on any atom is -0.480 e. The molecular formula is C11H8F3N3O2. The van der Waals surface area contributed by atoms with Crippen LogP contribution in [-0.2, 0) is 11.0 Å². The molecule has 1 fully saturated rings. The molecule has 0 aromatic carbocycles. The Morgan fingerprint density at radius 1 is 1.47 bits per heavy atom. The van der Waals surface area contributed by atoms with Gasteiger partial charge in [0.2, 0.25) is 0 Å². The van der Waals surface area contributed by atoms with Gasteiger partial charge in [-0.2, -0.15) is 18.4 Å². The molecule has 2 rings (SSSR count). The summed E-state index contributed by atoms with van der Waals surface area (Å²) >= 11 is 0. The van der Waals surface area contributed by atoms with Crippen molar-refractivity contribution in [1.82, 2.24) is 4.98 Å². The molecule has 0 radical (unpaired) electrons. The lowest BCUT2D eigenvalue weighted by molar-refractivity contribution is -0.141. The van der Waals surface area contributed by atoms with Crippen molar-refractivity contribution in [3.05, 3.63) is 23.4 Å². The second kappa shape index (κ2) is 4.12. The Kier molecular flexibility index (Phi) is 2.85. The van der Waals surface area contributed by atoms with Gasteiger partial charge in [0.1, 0.15) is 23.1 Å². The van der Waals surface area contributed by atoms with Crippen molar-refractivity contribution in [2.24, 2.45) is 0 Å². The van der Waals surface area contributed by atoms with E-state index in [-0.39, 0.29) is 24.2 Å². The first-order valence-corrected chi connectivity index (χ1v) is 5.28. The molecule has 0 aliphatic heterocycles. The van der Waals surface area contributed by atoms with E-state index in [1.165, 1.54) is 0 Å². The van der Waals surface area contributed by atoms with Crippen molar-refractivity contribution in [1.29, 1.82) is 5.26 Å². The zero-order valence-electron chi connectivity index (χ0n) is 9.45. The highest BCUT2D eigenvalue weighted by atomic mass is 19.4. The summed E-state index contributed by atoms with van der Waals surface area (Å²) in [5, 5.41) is 20.2. The number of alkyl halides is 3. The maximum Gasteiger partial charge on any atom is 0.433 e. The van der Waals surface area contributed by atoms with Gasteiger partial charge >= 0.3 is 12.1 Å². The zero-order valence-corrected chi connectivity index (χ0v) is 9.45. The van der Waals surface area contributed by atoms with Crippen molar-refractivity contribution in [3.8, 4) is 6.07 Å². The fraction of sp³-hybridized carbons (Fsp3) is 0.364. The van der Waals surface area contributed by atoms with E-state index in [0.717, 1.165) is 6.07 Å². The lowest BCUT2D eigenvalue weighted by Crippen LogP contribution is -2.32. The Labute approximate surface area is 105 Å². The zero-order chi connectivity index (χ0) is 14.3. The minimum absolute atomic E-state index is 0.125. The molecule has 1 saturated carbocycles. The molecule has 0 spiro atoms. The van der Waals surface area contributed by atoms with Crippen LogP contribution in [0.2, 0.25) is 0 Å². The molecule has 1 aromatic rings. The average Bonchev–Trinajstić information content (AvgIpc) is 3.09. The number of nitrogens with one attached hydrogen (secondary N) is 1. The van der Waals surface area contributed by atoms with Crippen LogP contribution in [-0.4, -0.2) is 21.6 Å². The van der Waals surface area contributed by atoms with Gasteiger partial charge in [-0.05, 0) is 25.0 Å². The number of carboxylic acid groups (broad SMARTS) is 1. The molecule has 0 amide bonds. The highest BCUT2D eigenvalue weighted by molar-refractivity contribution is 5.86. The number of carboxylic acids is 1. The van der Waals surface area contributed by atoms with Crippen molar-refractivity contribution in [3.63, 3.8) is 0 Å². The Morgan fingerprint density at radius 3 is 2.53 bits per heavy atom. The number of hydrogen-bond acceptors (Lipinski definition) is 4. The number of pyridine rings is 1. The number of nitrogens with zero attached hydrogens (tertiary/aromatic N) is 2. The lowest BCUT2D eigenvalue weighted by atomic mass is 10.2. The van der Waals surface area contributed by atoms with Crippen LogP contribution in [0.1, 0.15) is 24.1 Å². The van der Waals surface area contributed by atoms with Crippen LogP contribution in [0.3, 0.4) is 0 Å². The molecule has 0 unspecified atom stereocenters. The molecule has 19 heavy (non-hydrogen) atoms. The SMILES string of the molecule is N#Cc1ccc(C(F)(F)F)nc1NC1(C(=O)O)CC1. The van der Waals surface area contributed by atoms with Crippen LogP contribution in [0.25, 0.3) is 0 Å². The molecule has 100 valence electrons. The summed E-state index contributed by atoms with van der Waals surface area (Å²) in [5.41, 5.74) is -2.60. The molecule has 5 nitrogen and oxygen atoms in total. The fourth-order valence-electron chi connectivity index (χ4n) is 1.55. The number of halogens is 3. The van der Waals surface area contributed by atoms with E-state index in [0.29, 0.717) is 6.07 Å². The third-order valence-corrected chi connectivity index (χ3v) is 2.82. The van der Waals surface area contributed by atoms with Crippen molar-refractivity contribution in [2.45, 2.75) is 24.6 Å². The molecule has 2 N–H and O–H groups in total. The summed E-state index contributed by atoms with van der Waals surface area (Å²) in [6.45, 7) is 0. The topological polar surface area (TPSA) is 86.0 Å². The highest BCUT2D eigenvalue weighted by Crippen LogP contribution is 2.40. The summed E-state index contributed by atoms with van der Waals surface area (Å²) in [5.74, 6) is -1.52. The number of rotatable bonds is 3. The minimum atomic E-state index is -4.65. The largest absolute Gasteiger partial charge is 0.480 e. The first-order valence-electron chi connectivity index (χ1n) is 5.28. The molecule has 0 atom stereocenters. The quantitative estimate of drug-likeness (QED) is 0.878. The van der Waals surface area contributed by atoms with Crippen LogP contribution in [0.15, 0.2) is 12.1 Å². The number of anilines is 1. The van der Waals surface area contributed by atoms with Gasteiger partial charge in [0.05, 0.1) is 5.56 Å². The van der Waals surface area contributed by atoms with Gasteiger partial charge in [0.25, 0.3) is 0 Å². The summed E-state index contributed by atoms with van der Waals surface area (Å²) in [6.07, 6.45) is -4.08. The molecule has 1 aliphatic rings. The Hall–Kier alpha value is -2.30. The van der Waals surface area contributed by atoms with E-state index >= 15 is 0 Å². The first kappa shape index (κ1) is 13.1. The second-order valence-corrected chi connectivity index (χ2v) is 4.21. The molecule has 8 heteroatoms. The van der Waals surface area contributed by atoms with Crippen molar-refractivity contribution in [2.75, 3.05) is 5.32 Å². The normalized spacial score (nSPS) is 16.5. The molecular weight excluding hydrogens is 263 g/mol. The van der Waals surface area contributed by atoms with E-state index in [9.17, 15) is 18.0 Å². The molecule has 0 bridgehead atoms. The second-order valence-electron chi connectivity index (χ2n) is 4.21. The Balaban J connectivity index is 2.38. The molecule has 1 aromatic heterocycles. The van der Waals surface area contributed by atoms with E-state index < -0.39 is 23.4 Å². The van der Waals surface area contributed by atoms with Crippen LogP contribution in [0.4, 0.5) is 19.0 Å². The third kappa shape index (κ3) is 2.45. The van der Waals surface area contributed by atoms with Crippen LogP contribution < -0.4 is 5.32 Å². The highest BCUT2D eigenvalue weighted by Gasteiger charge is 2.51. The van der Waals surface area contributed by atoms with Gasteiger partial charge in [0.15, 0.2) is 0 Å². The maximum absolute atomic E-state index is 12.5. The molecule has 1 heterocycles. The van der Waals surface area contributed by atoms with Gasteiger partial charge in [-0.25, -0.2) is 9.78 Å². The van der Waals surface area contributed by atoms with Gasteiger partial charge in [-0.1, -0.05) is 0 Å². The Morgan fingerprint density at radius 2 is 2.11 bits per heavy atom. The average molecular weight is 271 g/mol. The van der Waals surface area contributed by atoms with Crippen LogP contribution >= 0.6 is 0 Å². The summed E-state index contributed by atoms with van der Waals surface area (Å²) in [7, 11) is 0. The van der Waals surface area contributed by atoms with Crippen LogP contribution in [0.5, 0.6) is 0 Å². The first-order chi connectivity index (χ1) is 8.78. The smallest absolute Gasteiger partial charge is 0.433 e. The van der Waals surface area contributed by atoms with Crippen molar-refractivity contribution >= 4 is 11.8 Å². The molecule has 1 aliphatic carbocycles. The van der Waals surface area contributed by atoms with E-state index in [4.69, 9.17) is 10.4 Å². The fourth-order valence-corrected chi connectivity index (χ4v) is 1.55. The van der Waals surface area contributed by atoms with Gasteiger partial charge in [-0.15, -0.1) is 0 Å². The van der Waals surface area contributed by atoms with Crippen LogP contribution in [0, 0.1) is 11.3 Å². The lowest BCUT2D eigenvalue weighted by Gasteiger charge is -2.15. The van der Waals surface area contributed by atoms with Gasteiger partial charge < -0.3 is 10.4 Å².